The highest BCUT2D eigenvalue weighted by Crippen LogP contribution is 2.20. The van der Waals surface area contributed by atoms with Crippen LogP contribution in [-0.4, -0.2) is 46.8 Å². The predicted octanol–water partition coefficient (Wildman–Crippen LogP) is 2.16. The Morgan fingerprint density at radius 2 is 1.91 bits per heavy atom. The van der Waals surface area contributed by atoms with E-state index in [0.29, 0.717) is 23.7 Å². The number of ether oxygens (including phenoxy) is 1. The largest absolute Gasteiger partial charge is 0.485 e. The fourth-order valence-electron chi connectivity index (χ4n) is 3.09. The third-order valence-electron chi connectivity index (χ3n) is 5.02. The van der Waals surface area contributed by atoms with E-state index in [0.717, 1.165) is 16.8 Å². The average Bonchev–Trinajstić information content (AvgIpc) is 3.22. The summed E-state index contributed by atoms with van der Waals surface area (Å²) in [5.74, 6) is 1.03. The molecule has 0 saturated carbocycles. The van der Waals surface area contributed by atoms with Crippen LogP contribution in [0.4, 0.5) is 0 Å². The lowest BCUT2D eigenvalue weighted by atomic mass is 10.1. The van der Waals surface area contributed by atoms with Gasteiger partial charge in [-0.2, -0.15) is 10.2 Å². The lowest BCUT2D eigenvalue weighted by Gasteiger charge is -2.16. The Labute approximate surface area is 185 Å². The summed E-state index contributed by atoms with van der Waals surface area (Å²) in [6, 6.07) is 9.20. The molecule has 3 aromatic heterocycles. The van der Waals surface area contributed by atoms with Crippen LogP contribution in [0.2, 0.25) is 0 Å². The molecule has 1 N–H and O–H groups in total. The normalized spacial score (nSPS) is 13.0. The van der Waals surface area contributed by atoms with Gasteiger partial charge in [-0.1, -0.05) is 18.2 Å². The van der Waals surface area contributed by atoms with E-state index >= 15 is 0 Å². The van der Waals surface area contributed by atoms with Crippen molar-refractivity contribution in [3.8, 4) is 22.8 Å². The van der Waals surface area contributed by atoms with E-state index in [1.54, 1.807) is 48.0 Å². The smallest absolute Gasteiger partial charge is 0.203 e. The zero-order chi connectivity index (χ0) is 22.7. The van der Waals surface area contributed by atoms with Gasteiger partial charge in [-0.3, -0.25) is 9.48 Å². The molecule has 0 aliphatic heterocycles. The summed E-state index contributed by atoms with van der Waals surface area (Å²) in [6.07, 6.45) is 7.74. The summed E-state index contributed by atoms with van der Waals surface area (Å²) in [4.78, 5) is 21.1. The number of aryl methyl sites for hydroxylation is 1. The molecule has 0 unspecified atom stereocenters. The van der Waals surface area contributed by atoms with E-state index in [-0.39, 0.29) is 11.5 Å². The number of rotatable bonds is 7. The molecule has 0 aliphatic rings. The van der Waals surface area contributed by atoms with E-state index in [4.69, 9.17) is 4.74 Å². The molecule has 0 spiro atoms. The standard InChI is InChI=1S/C23H24N6O3/c1-15(30)16(2)32-20-12-24-23(25-13-20)18-6-4-5-17(9-18)10-21-22(31)7-8-29(27-21)19-11-26-28(3)14-19/h4-9,11-16,30H,10H2,1-3H3/t15-,16+/m0/s1. The number of aliphatic hydroxyl groups is 1. The fourth-order valence-corrected chi connectivity index (χ4v) is 3.09. The summed E-state index contributed by atoms with van der Waals surface area (Å²) in [5, 5.41) is 18.2. The van der Waals surface area contributed by atoms with Gasteiger partial charge in [-0.05, 0) is 25.5 Å². The van der Waals surface area contributed by atoms with E-state index in [1.807, 2.05) is 37.5 Å². The summed E-state index contributed by atoms with van der Waals surface area (Å²) in [5.41, 5.74) is 2.83. The molecule has 9 heteroatoms. The van der Waals surface area contributed by atoms with Crippen molar-refractivity contribution in [3.63, 3.8) is 0 Å². The zero-order valence-corrected chi connectivity index (χ0v) is 18.1. The van der Waals surface area contributed by atoms with E-state index in [2.05, 4.69) is 20.2 Å². The predicted molar refractivity (Wildman–Crippen MR) is 119 cm³/mol. The third kappa shape index (κ3) is 4.89. The SMILES string of the molecule is C[C@H](O)[C@@H](C)Oc1cnc(-c2cccc(Cc3nn(-c4cnn(C)c4)ccc3=O)c2)nc1. The molecular weight excluding hydrogens is 408 g/mol. The van der Waals surface area contributed by atoms with Gasteiger partial charge in [0.15, 0.2) is 11.6 Å². The Hall–Kier alpha value is -3.85. The molecule has 0 aliphatic carbocycles. The maximum atomic E-state index is 12.4. The molecule has 1 aromatic carbocycles. The summed E-state index contributed by atoms with van der Waals surface area (Å²) in [6.45, 7) is 3.44. The second-order valence-electron chi connectivity index (χ2n) is 7.63. The Morgan fingerprint density at radius 1 is 1.12 bits per heavy atom. The molecule has 4 rings (SSSR count). The molecule has 9 nitrogen and oxygen atoms in total. The van der Waals surface area contributed by atoms with Gasteiger partial charge in [0.05, 0.1) is 30.9 Å². The Balaban J connectivity index is 1.54. The Bertz CT molecular complexity index is 1260. The lowest BCUT2D eigenvalue weighted by molar-refractivity contribution is 0.0600. The van der Waals surface area contributed by atoms with Crippen LogP contribution in [-0.2, 0) is 13.5 Å². The van der Waals surface area contributed by atoms with Gasteiger partial charge >= 0.3 is 0 Å². The number of benzene rings is 1. The number of hydrogen-bond donors (Lipinski definition) is 1. The van der Waals surface area contributed by atoms with Gasteiger partial charge in [0, 0.05) is 31.3 Å². The van der Waals surface area contributed by atoms with Crippen LogP contribution >= 0.6 is 0 Å². The van der Waals surface area contributed by atoms with Crippen molar-refractivity contribution in [1.29, 1.82) is 0 Å². The van der Waals surface area contributed by atoms with E-state index in [9.17, 15) is 9.90 Å². The quantitative estimate of drug-likeness (QED) is 0.477. The first-order chi connectivity index (χ1) is 15.4. The van der Waals surface area contributed by atoms with Gasteiger partial charge < -0.3 is 9.84 Å². The number of nitrogens with zero attached hydrogens (tertiary/aromatic N) is 6. The van der Waals surface area contributed by atoms with Crippen LogP contribution in [0.3, 0.4) is 0 Å². The first-order valence-electron chi connectivity index (χ1n) is 10.2. The Morgan fingerprint density at radius 3 is 2.59 bits per heavy atom. The first kappa shape index (κ1) is 21.4. The minimum atomic E-state index is -0.597. The second-order valence-corrected chi connectivity index (χ2v) is 7.63. The van der Waals surface area contributed by atoms with Gasteiger partial charge in [-0.15, -0.1) is 0 Å². The minimum Gasteiger partial charge on any atom is -0.485 e. The van der Waals surface area contributed by atoms with Crippen LogP contribution in [0.1, 0.15) is 25.1 Å². The average molecular weight is 432 g/mol. The number of hydrogen-bond acceptors (Lipinski definition) is 7. The van der Waals surface area contributed by atoms with E-state index < -0.39 is 6.10 Å². The maximum Gasteiger partial charge on any atom is 0.203 e. The monoisotopic (exact) mass is 432 g/mol. The highest BCUT2D eigenvalue weighted by Gasteiger charge is 2.12. The van der Waals surface area contributed by atoms with Crippen LogP contribution in [0.15, 0.2) is 66.1 Å². The number of aliphatic hydroxyl groups excluding tert-OH is 1. The third-order valence-corrected chi connectivity index (χ3v) is 5.02. The summed E-state index contributed by atoms with van der Waals surface area (Å²) < 4.78 is 8.93. The molecule has 32 heavy (non-hydrogen) atoms. The Kier molecular flexibility index (Phi) is 6.09. The van der Waals surface area contributed by atoms with Crippen molar-refractivity contribution in [1.82, 2.24) is 29.5 Å². The second kappa shape index (κ2) is 9.11. The minimum absolute atomic E-state index is 0.125. The number of aromatic nitrogens is 6. The van der Waals surface area contributed by atoms with Gasteiger partial charge in [-0.25, -0.2) is 14.6 Å². The summed E-state index contributed by atoms with van der Waals surface area (Å²) >= 11 is 0. The van der Waals surface area contributed by atoms with Crippen LogP contribution < -0.4 is 10.2 Å². The van der Waals surface area contributed by atoms with E-state index in [1.165, 1.54) is 6.07 Å². The van der Waals surface area contributed by atoms with Gasteiger partial charge in [0.2, 0.25) is 5.43 Å². The topological polar surface area (TPSA) is 108 Å². The van der Waals surface area contributed by atoms with Crippen LogP contribution in [0.5, 0.6) is 5.75 Å². The van der Waals surface area contributed by atoms with Crippen molar-refractivity contribution < 1.29 is 9.84 Å². The molecule has 0 amide bonds. The van der Waals surface area contributed by atoms with Crippen molar-refractivity contribution in [2.24, 2.45) is 7.05 Å². The molecule has 4 aromatic rings. The zero-order valence-electron chi connectivity index (χ0n) is 18.1. The van der Waals surface area contributed by atoms with Crippen molar-refractivity contribution >= 4 is 0 Å². The maximum absolute atomic E-state index is 12.4. The van der Waals surface area contributed by atoms with Crippen molar-refractivity contribution in [2.75, 3.05) is 0 Å². The first-order valence-corrected chi connectivity index (χ1v) is 10.2. The molecule has 0 fully saturated rings. The highest BCUT2D eigenvalue weighted by molar-refractivity contribution is 5.56. The summed E-state index contributed by atoms with van der Waals surface area (Å²) in [7, 11) is 1.83. The molecule has 2 atom stereocenters. The molecule has 0 saturated heterocycles. The fraction of sp³-hybridized carbons (Fsp3) is 0.261. The highest BCUT2D eigenvalue weighted by atomic mass is 16.5. The van der Waals surface area contributed by atoms with Crippen LogP contribution in [0, 0.1) is 0 Å². The van der Waals surface area contributed by atoms with Crippen molar-refractivity contribution in [2.45, 2.75) is 32.5 Å². The van der Waals surface area contributed by atoms with Crippen molar-refractivity contribution in [3.05, 3.63) is 82.8 Å². The molecule has 164 valence electrons. The molecule has 3 heterocycles. The van der Waals surface area contributed by atoms with Crippen LogP contribution in [0.25, 0.3) is 17.1 Å². The van der Waals surface area contributed by atoms with Gasteiger partial charge in [0.25, 0.3) is 0 Å². The molecule has 0 radical (unpaired) electrons. The molecule has 0 bridgehead atoms. The molecular formula is C23H24N6O3. The van der Waals surface area contributed by atoms with Gasteiger partial charge in [0.1, 0.15) is 17.5 Å². The lowest BCUT2D eigenvalue weighted by Crippen LogP contribution is -2.25.